The van der Waals surface area contributed by atoms with Gasteiger partial charge >= 0.3 is 5.97 Å². The smallest absolute Gasteiger partial charge is 0.330 e. The van der Waals surface area contributed by atoms with Crippen LogP contribution >= 0.6 is 0 Å². The first-order chi connectivity index (χ1) is 18.1. The van der Waals surface area contributed by atoms with Crippen molar-refractivity contribution in [3.8, 4) is 5.75 Å². The first kappa shape index (κ1) is 21.8. The van der Waals surface area contributed by atoms with Crippen LogP contribution in [0.3, 0.4) is 0 Å². The summed E-state index contributed by atoms with van der Waals surface area (Å²) in [4.78, 5) is 30.4. The Morgan fingerprint density at radius 2 is 1.59 bits per heavy atom. The standard InChI is InChI=1S/C31H24N2O4/c1-2-27(34)37-20-14-12-19(13-15-20)36-26-17-16-22-29-21(26)8-5-9-23(29)31(35)33-25-11-4-7-18-6-3-10-24(28(18)25)32-30(22)33/h2-11,16-17,19-20H,1,12-15H2. The van der Waals surface area contributed by atoms with Crippen LogP contribution < -0.4 is 10.3 Å². The summed E-state index contributed by atoms with van der Waals surface area (Å²) in [5, 5.41) is 5.40. The molecule has 2 heterocycles. The van der Waals surface area contributed by atoms with Crippen LogP contribution in [-0.2, 0) is 9.53 Å². The van der Waals surface area contributed by atoms with Crippen molar-refractivity contribution in [3.05, 3.63) is 89.7 Å². The largest absolute Gasteiger partial charge is 0.490 e. The van der Waals surface area contributed by atoms with E-state index in [1.807, 2.05) is 66.7 Å². The topological polar surface area (TPSA) is 69.9 Å². The fraction of sp³-hybridized carbons (Fsp3) is 0.194. The Bertz CT molecular complexity index is 1910. The molecule has 7 rings (SSSR count). The maximum absolute atomic E-state index is 13.9. The second kappa shape index (κ2) is 8.30. The Hall–Kier alpha value is -4.45. The van der Waals surface area contributed by atoms with Crippen molar-refractivity contribution >= 4 is 55.0 Å². The molecular weight excluding hydrogens is 464 g/mol. The number of carbonyl (C=O) groups is 1. The molecular formula is C31H24N2O4. The number of aromatic nitrogens is 2. The third-order valence-electron chi connectivity index (χ3n) is 7.58. The summed E-state index contributed by atoms with van der Waals surface area (Å²) in [6, 6.07) is 21.9. The van der Waals surface area contributed by atoms with E-state index < -0.39 is 0 Å². The number of ether oxygens (including phenoxy) is 2. The van der Waals surface area contributed by atoms with Crippen LogP contribution in [0.2, 0.25) is 0 Å². The second-order valence-electron chi connectivity index (χ2n) is 9.73. The summed E-state index contributed by atoms with van der Waals surface area (Å²) in [6.07, 6.45) is 4.21. The molecule has 182 valence electrons. The Balaban J connectivity index is 1.36. The monoisotopic (exact) mass is 488 g/mol. The molecule has 6 heteroatoms. The molecule has 0 aliphatic heterocycles. The zero-order valence-electron chi connectivity index (χ0n) is 20.1. The average molecular weight is 489 g/mol. The van der Waals surface area contributed by atoms with Crippen molar-refractivity contribution in [2.45, 2.75) is 37.9 Å². The van der Waals surface area contributed by atoms with Gasteiger partial charge in [0.05, 0.1) is 17.1 Å². The third kappa shape index (κ3) is 3.36. The molecule has 0 spiro atoms. The van der Waals surface area contributed by atoms with Gasteiger partial charge in [-0.2, -0.15) is 0 Å². The number of carbonyl (C=O) groups excluding carboxylic acids is 1. The first-order valence-corrected chi connectivity index (χ1v) is 12.6. The summed E-state index contributed by atoms with van der Waals surface area (Å²) in [5.74, 6) is 0.378. The van der Waals surface area contributed by atoms with Gasteiger partial charge in [-0.25, -0.2) is 9.78 Å². The van der Waals surface area contributed by atoms with Crippen LogP contribution in [0.15, 0.2) is 84.2 Å². The predicted molar refractivity (Wildman–Crippen MR) is 146 cm³/mol. The minimum Gasteiger partial charge on any atom is -0.490 e. The number of nitrogens with zero attached hydrogens (tertiary/aromatic N) is 2. The highest BCUT2D eigenvalue weighted by Crippen LogP contribution is 2.37. The van der Waals surface area contributed by atoms with E-state index in [1.165, 1.54) is 6.08 Å². The minimum absolute atomic E-state index is 0.0167. The van der Waals surface area contributed by atoms with Gasteiger partial charge in [0.2, 0.25) is 0 Å². The number of fused-ring (bicyclic) bond motifs is 3. The number of rotatable bonds is 4. The van der Waals surface area contributed by atoms with Crippen LogP contribution in [0.4, 0.5) is 0 Å². The van der Waals surface area contributed by atoms with Crippen molar-refractivity contribution in [3.63, 3.8) is 0 Å². The van der Waals surface area contributed by atoms with Gasteiger partial charge in [0.15, 0.2) is 0 Å². The predicted octanol–water partition coefficient (Wildman–Crippen LogP) is 6.16. The highest BCUT2D eigenvalue weighted by atomic mass is 16.5. The number of hydrogen-bond acceptors (Lipinski definition) is 5. The lowest BCUT2D eigenvalue weighted by atomic mass is 9.94. The number of esters is 1. The summed E-state index contributed by atoms with van der Waals surface area (Å²) in [6.45, 7) is 3.47. The molecule has 1 saturated carbocycles. The van der Waals surface area contributed by atoms with Gasteiger partial charge in [0, 0.05) is 33.0 Å². The highest BCUT2D eigenvalue weighted by Gasteiger charge is 2.26. The van der Waals surface area contributed by atoms with E-state index >= 15 is 0 Å². The van der Waals surface area contributed by atoms with Gasteiger partial charge in [-0.05, 0) is 61.4 Å². The van der Waals surface area contributed by atoms with E-state index in [2.05, 4.69) is 6.58 Å². The molecule has 0 amide bonds. The molecule has 4 aromatic carbocycles. The van der Waals surface area contributed by atoms with Gasteiger partial charge in [-0.3, -0.25) is 9.20 Å². The fourth-order valence-corrected chi connectivity index (χ4v) is 5.87. The lowest BCUT2D eigenvalue weighted by Crippen LogP contribution is -2.29. The number of hydrogen-bond donors (Lipinski definition) is 0. The zero-order chi connectivity index (χ0) is 25.1. The molecule has 1 aliphatic rings. The highest BCUT2D eigenvalue weighted by molar-refractivity contribution is 6.18. The molecule has 0 radical (unpaired) electrons. The molecule has 1 fully saturated rings. The van der Waals surface area contributed by atoms with Gasteiger partial charge in [-0.15, -0.1) is 0 Å². The van der Waals surface area contributed by atoms with Gasteiger partial charge in [0.1, 0.15) is 17.5 Å². The van der Waals surface area contributed by atoms with E-state index in [0.717, 1.165) is 69.4 Å². The molecule has 6 nitrogen and oxygen atoms in total. The van der Waals surface area contributed by atoms with Crippen molar-refractivity contribution in [1.82, 2.24) is 9.38 Å². The van der Waals surface area contributed by atoms with Crippen LogP contribution in [0.1, 0.15) is 25.7 Å². The van der Waals surface area contributed by atoms with Crippen LogP contribution in [0.25, 0.3) is 49.0 Å². The Morgan fingerprint density at radius 3 is 2.41 bits per heavy atom. The average Bonchev–Trinajstić information content (AvgIpc) is 2.93. The fourth-order valence-electron chi connectivity index (χ4n) is 5.87. The van der Waals surface area contributed by atoms with Crippen molar-refractivity contribution in [1.29, 1.82) is 0 Å². The van der Waals surface area contributed by atoms with Crippen molar-refractivity contribution in [2.24, 2.45) is 0 Å². The molecule has 0 atom stereocenters. The van der Waals surface area contributed by atoms with E-state index in [-0.39, 0.29) is 23.7 Å². The van der Waals surface area contributed by atoms with E-state index in [0.29, 0.717) is 11.0 Å². The Labute approximate surface area is 212 Å². The first-order valence-electron chi connectivity index (χ1n) is 12.6. The molecule has 6 aromatic rings. The minimum atomic E-state index is -0.379. The molecule has 0 bridgehead atoms. The lowest BCUT2D eigenvalue weighted by molar-refractivity contribution is -0.145. The van der Waals surface area contributed by atoms with Crippen molar-refractivity contribution < 1.29 is 14.3 Å². The molecule has 2 aromatic heterocycles. The van der Waals surface area contributed by atoms with Crippen LogP contribution in [-0.4, -0.2) is 27.6 Å². The van der Waals surface area contributed by atoms with Crippen LogP contribution in [0.5, 0.6) is 5.75 Å². The molecule has 0 N–H and O–H groups in total. The Kier molecular flexibility index (Phi) is 4.89. The SMILES string of the molecule is C=CC(=O)OC1CCC(Oc2ccc3c4c2cccc4c(=O)n2c4cccc5cccc(nc32)c54)CC1. The summed E-state index contributed by atoms with van der Waals surface area (Å²) in [5.41, 5.74) is 2.30. The number of benzene rings is 4. The Morgan fingerprint density at radius 1 is 0.865 bits per heavy atom. The van der Waals surface area contributed by atoms with Crippen LogP contribution in [0, 0.1) is 0 Å². The summed E-state index contributed by atoms with van der Waals surface area (Å²) in [7, 11) is 0. The quantitative estimate of drug-likeness (QED) is 0.129. The zero-order valence-corrected chi connectivity index (χ0v) is 20.1. The molecule has 1 aliphatic carbocycles. The van der Waals surface area contributed by atoms with Gasteiger partial charge < -0.3 is 9.47 Å². The maximum Gasteiger partial charge on any atom is 0.330 e. The second-order valence-corrected chi connectivity index (χ2v) is 9.73. The molecule has 0 saturated heterocycles. The lowest BCUT2D eigenvalue weighted by Gasteiger charge is -2.29. The van der Waals surface area contributed by atoms with E-state index in [9.17, 15) is 9.59 Å². The summed E-state index contributed by atoms with van der Waals surface area (Å²) >= 11 is 0. The third-order valence-corrected chi connectivity index (χ3v) is 7.58. The maximum atomic E-state index is 13.9. The number of pyridine rings is 1. The molecule has 0 unspecified atom stereocenters. The normalized spacial score (nSPS) is 18.2. The molecule has 37 heavy (non-hydrogen) atoms. The van der Waals surface area contributed by atoms with E-state index in [4.69, 9.17) is 14.5 Å². The van der Waals surface area contributed by atoms with Gasteiger partial charge in [-0.1, -0.05) is 43.0 Å². The van der Waals surface area contributed by atoms with Gasteiger partial charge in [0.25, 0.3) is 5.56 Å². The van der Waals surface area contributed by atoms with E-state index in [1.54, 1.807) is 4.40 Å². The summed E-state index contributed by atoms with van der Waals surface area (Å²) < 4.78 is 13.6. The van der Waals surface area contributed by atoms with Crippen molar-refractivity contribution in [2.75, 3.05) is 0 Å².